The fourth-order valence-electron chi connectivity index (χ4n) is 3.89. The molecule has 0 radical (unpaired) electrons. The van der Waals surface area contributed by atoms with Crippen LogP contribution in [0.2, 0.25) is 5.02 Å². The van der Waals surface area contributed by atoms with E-state index in [1.807, 2.05) is 0 Å². The first-order valence-corrected chi connectivity index (χ1v) is 11.9. The molecule has 1 aromatic rings. The van der Waals surface area contributed by atoms with E-state index < -0.39 is 22.6 Å². The zero-order valence-electron chi connectivity index (χ0n) is 16.5. The van der Waals surface area contributed by atoms with Gasteiger partial charge in [0.25, 0.3) is 5.91 Å². The van der Waals surface area contributed by atoms with Crippen molar-refractivity contribution in [3.8, 4) is 0 Å². The molecule has 1 aliphatic carbocycles. The lowest BCUT2D eigenvalue weighted by molar-refractivity contribution is -0.125. The molecular formula is C20H27ClN2O5S. The fraction of sp³-hybridized carbons (Fsp3) is 0.600. The van der Waals surface area contributed by atoms with Gasteiger partial charge in [0.2, 0.25) is 10.0 Å². The molecule has 1 N–H and O–H groups in total. The van der Waals surface area contributed by atoms with E-state index in [9.17, 15) is 18.0 Å². The van der Waals surface area contributed by atoms with Crippen molar-refractivity contribution in [3.63, 3.8) is 0 Å². The monoisotopic (exact) mass is 442 g/mol. The van der Waals surface area contributed by atoms with Gasteiger partial charge in [-0.1, -0.05) is 31.4 Å². The lowest BCUT2D eigenvalue weighted by Crippen LogP contribution is -2.42. The average Bonchev–Trinajstić information content (AvgIpc) is 3.24. The largest absolute Gasteiger partial charge is 0.452 e. The van der Waals surface area contributed by atoms with Gasteiger partial charge >= 0.3 is 5.97 Å². The summed E-state index contributed by atoms with van der Waals surface area (Å²) < 4.78 is 32.0. The summed E-state index contributed by atoms with van der Waals surface area (Å²) >= 11 is 6.09. The Morgan fingerprint density at radius 3 is 2.55 bits per heavy atom. The Morgan fingerprint density at radius 1 is 1.17 bits per heavy atom. The minimum absolute atomic E-state index is 0.0472. The minimum Gasteiger partial charge on any atom is -0.452 e. The number of carbonyl (C=O) groups is 2. The molecule has 2 unspecified atom stereocenters. The van der Waals surface area contributed by atoms with Crippen molar-refractivity contribution < 1.29 is 22.7 Å². The number of nitrogens with one attached hydrogen (secondary N) is 1. The van der Waals surface area contributed by atoms with Crippen molar-refractivity contribution in [3.05, 3.63) is 28.8 Å². The molecule has 1 saturated carbocycles. The van der Waals surface area contributed by atoms with Crippen LogP contribution in [0.4, 0.5) is 0 Å². The Balaban J connectivity index is 1.63. The van der Waals surface area contributed by atoms with Crippen molar-refractivity contribution in [2.45, 2.75) is 56.4 Å². The highest BCUT2D eigenvalue weighted by atomic mass is 35.5. The number of sulfonamides is 1. The number of ether oxygens (including phenoxy) is 1. The predicted molar refractivity (Wildman–Crippen MR) is 109 cm³/mol. The summed E-state index contributed by atoms with van der Waals surface area (Å²) in [6, 6.07) is 4.08. The molecule has 3 rings (SSSR count). The van der Waals surface area contributed by atoms with E-state index >= 15 is 0 Å². The van der Waals surface area contributed by atoms with Crippen LogP contribution in [0, 0.1) is 5.92 Å². The number of benzene rings is 1. The van der Waals surface area contributed by atoms with Gasteiger partial charge < -0.3 is 10.1 Å². The van der Waals surface area contributed by atoms with Gasteiger partial charge in [-0.15, -0.1) is 0 Å². The molecule has 1 amide bonds. The zero-order chi connectivity index (χ0) is 21.0. The van der Waals surface area contributed by atoms with E-state index in [2.05, 4.69) is 12.2 Å². The van der Waals surface area contributed by atoms with Crippen LogP contribution in [0.1, 0.15) is 55.8 Å². The summed E-state index contributed by atoms with van der Waals surface area (Å²) in [5.41, 5.74) is 0.0472. The third kappa shape index (κ3) is 5.29. The minimum atomic E-state index is -3.77. The molecule has 1 aromatic carbocycles. The van der Waals surface area contributed by atoms with Gasteiger partial charge in [0.15, 0.2) is 6.61 Å². The second-order valence-corrected chi connectivity index (χ2v) is 10.1. The first-order valence-electron chi connectivity index (χ1n) is 10.0. The Bertz CT molecular complexity index is 868. The Labute approximate surface area is 176 Å². The van der Waals surface area contributed by atoms with Crippen molar-refractivity contribution in [2.24, 2.45) is 5.92 Å². The van der Waals surface area contributed by atoms with Crippen molar-refractivity contribution in [1.82, 2.24) is 9.62 Å². The van der Waals surface area contributed by atoms with E-state index in [-0.39, 0.29) is 27.4 Å². The number of hydrogen-bond acceptors (Lipinski definition) is 5. The highest BCUT2D eigenvalue weighted by Crippen LogP contribution is 2.28. The van der Waals surface area contributed by atoms with Crippen LogP contribution in [0.15, 0.2) is 23.1 Å². The predicted octanol–water partition coefficient (Wildman–Crippen LogP) is 2.98. The Kier molecular flexibility index (Phi) is 7.19. The number of rotatable bonds is 6. The van der Waals surface area contributed by atoms with Crippen LogP contribution < -0.4 is 5.32 Å². The van der Waals surface area contributed by atoms with Crippen LogP contribution in [-0.2, 0) is 19.6 Å². The van der Waals surface area contributed by atoms with Crippen molar-refractivity contribution in [2.75, 3.05) is 19.7 Å². The number of halogens is 1. The zero-order valence-corrected chi connectivity index (χ0v) is 18.1. The number of amides is 1. The average molecular weight is 443 g/mol. The van der Waals surface area contributed by atoms with Gasteiger partial charge in [0.05, 0.1) is 10.6 Å². The van der Waals surface area contributed by atoms with Crippen LogP contribution in [0.3, 0.4) is 0 Å². The maximum absolute atomic E-state index is 12.8. The third-order valence-corrected chi connectivity index (χ3v) is 8.02. The van der Waals surface area contributed by atoms with E-state index in [0.29, 0.717) is 19.0 Å². The van der Waals surface area contributed by atoms with E-state index in [1.54, 1.807) is 0 Å². The normalized spacial score (nSPS) is 23.0. The van der Waals surface area contributed by atoms with E-state index in [0.717, 1.165) is 32.1 Å². The van der Waals surface area contributed by atoms with Gasteiger partial charge in [-0.05, 0) is 49.8 Å². The molecule has 0 bridgehead atoms. The summed E-state index contributed by atoms with van der Waals surface area (Å²) in [5.74, 6) is -0.708. The number of esters is 1. The van der Waals surface area contributed by atoms with E-state index in [4.69, 9.17) is 16.3 Å². The van der Waals surface area contributed by atoms with E-state index in [1.165, 1.54) is 28.9 Å². The molecule has 2 aliphatic rings. The summed E-state index contributed by atoms with van der Waals surface area (Å²) in [5, 5.41) is 2.97. The van der Waals surface area contributed by atoms with Gasteiger partial charge in [0.1, 0.15) is 4.90 Å². The standard InChI is InChI=1S/C20H27ClN2O5S/c1-14-6-2-3-7-17(14)22-19(24)13-28-20(25)15-8-9-16(21)18(12-15)29(26,27)23-10-4-5-11-23/h8-9,12,14,17H,2-7,10-11,13H2,1H3,(H,22,24). The Morgan fingerprint density at radius 2 is 1.86 bits per heavy atom. The van der Waals surface area contributed by atoms with Gasteiger partial charge in [-0.3, -0.25) is 4.79 Å². The molecule has 7 nitrogen and oxygen atoms in total. The van der Waals surface area contributed by atoms with Gasteiger partial charge in [-0.25, -0.2) is 13.2 Å². The molecule has 9 heteroatoms. The molecule has 0 aromatic heterocycles. The molecule has 2 atom stereocenters. The maximum Gasteiger partial charge on any atom is 0.338 e. The molecule has 1 saturated heterocycles. The van der Waals surface area contributed by atoms with Crippen LogP contribution >= 0.6 is 11.6 Å². The first-order chi connectivity index (χ1) is 13.8. The third-order valence-electron chi connectivity index (χ3n) is 5.64. The summed E-state index contributed by atoms with van der Waals surface area (Å²) in [7, 11) is -3.77. The Hall–Kier alpha value is -1.64. The van der Waals surface area contributed by atoms with Crippen LogP contribution in [0.25, 0.3) is 0 Å². The molecule has 29 heavy (non-hydrogen) atoms. The number of nitrogens with zero attached hydrogens (tertiary/aromatic N) is 1. The lowest BCUT2D eigenvalue weighted by atomic mass is 9.86. The van der Waals surface area contributed by atoms with Gasteiger partial charge in [-0.2, -0.15) is 4.31 Å². The molecule has 0 spiro atoms. The van der Waals surface area contributed by atoms with Crippen molar-refractivity contribution in [1.29, 1.82) is 0 Å². The second kappa shape index (κ2) is 9.45. The van der Waals surface area contributed by atoms with Gasteiger partial charge in [0, 0.05) is 19.1 Å². The first kappa shape index (κ1) is 22.1. The van der Waals surface area contributed by atoms with Crippen molar-refractivity contribution >= 4 is 33.5 Å². The highest BCUT2D eigenvalue weighted by molar-refractivity contribution is 7.89. The molecular weight excluding hydrogens is 416 g/mol. The fourth-order valence-corrected chi connectivity index (χ4v) is 5.91. The summed E-state index contributed by atoms with van der Waals surface area (Å²) in [6.45, 7) is 2.57. The van der Waals surface area contributed by atoms with Crippen LogP contribution in [0.5, 0.6) is 0 Å². The summed E-state index contributed by atoms with van der Waals surface area (Å²) in [6.07, 6.45) is 5.84. The molecule has 1 aliphatic heterocycles. The lowest BCUT2D eigenvalue weighted by Gasteiger charge is -2.29. The molecule has 2 fully saturated rings. The smallest absolute Gasteiger partial charge is 0.338 e. The van der Waals surface area contributed by atoms with Crippen LogP contribution in [-0.4, -0.2) is 50.3 Å². The quantitative estimate of drug-likeness (QED) is 0.683. The topological polar surface area (TPSA) is 92.8 Å². The summed E-state index contributed by atoms with van der Waals surface area (Å²) in [4.78, 5) is 24.4. The highest BCUT2D eigenvalue weighted by Gasteiger charge is 2.30. The number of hydrogen-bond donors (Lipinski definition) is 1. The second-order valence-electron chi connectivity index (χ2n) is 7.77. The maximum atomic E-state index is 12.8. The SMILES string of the molecule is CC1CCCCC1NC(=O)COC(=O)c1ccc(Cl)c(S(=O)(=O)N2CCCC2)c1. The molecule has 1 heterocycles. The molecule has 160 valence electrons. The number of carbonyl (C=O) groups excluding carboxylic acids is 2.